The molecule has 19 heavy (non-hydrogen) atoms. The Labute approximate surface area is 125 Å². The van der Waals surface area contributed by atoms with Crippen molar-refractivity contribution in [2.45, 2.75) is 25.8 Å². The molecule has 3 unspecified atom stereocenters. The van der Waals surface area contributed by atoms with Crippen molar-refractivity contribution in [3.63, 3.8) is 0 Å². The second-order valence-electron chi connectivity index (χ2n) is 5.92. The Kier molecular flexibility index (Phi) is 5.43. The summed E-state index contributed by atoms with van der Waals surface area (Å²) in [7, 11) is 4.30. The van der Waals surface area contributed by atoms with Crippen LogP contribution in [0, 0.1) is 11.8 Å². The van der Waals surface area contributed by atoms with E-state index < -0.39 is 0 Å². The van der Waals surface area contributed by atoms with Gasteiger partial charge in [0.15, 0.2) is 0 Å². The number of benzene rings is 1. The Balaban J connectivity index is 1.80. The first-order chi connectivity index (χ1) is 9.10. The number of hydrogen-bond acceptors (Lipinski definition) is 2. The lowest BCUT2D eigenvalue weighted by Crippen LogP contribution is -2.27. The molecule has 0 aliphatic heterocycles. The molecule has 1 N–H and O–H groups in total. The molecule has 0 amide bonds. The molecule has 0 bridgehead atoms. The van der Waals surface area contributed by atoms with Crippen molar-refractivity contribution in [3.05, 3.63) is 34.3 Å². The second-order valence-corrected chi connectivity index (χ2v) is 6.83. The van der Waals surface area contributed by atoms with Gasteiger partial charge in [0.2, 0.25) is 0 Å². The zero-order chi connectivity index (χ0) is 13.8. The minimum atomic E-state index is 0.451. The molecule has 0 aromatic heterocycles. The highest BCUT2D eigenvalue weighted by molar-refractivity contribution is 9.10. The molecule has 3 heteroatoms. The third-order valence-electron chi connectivity index (χ3n) is 4.24. The van der Waals surface area contributed by atoms with Gasteiger partial charge in [-0.25, -0.2) is 0 Å². The van der Waals surface area contributed by atoms with Crippen molar-refractivity contribution in [1.82, 2.24) is 10.2 Å². The highest BCUT2D eigenvalue weighted by atomic mass is 79.9. The van der Waals surface area contributed by atoms with Crippen LogP contribution in [-0.4, -0.2) is 32.1 Å². The largest absolute Gasteiger partial charge is 0.313 e. The van der Waals surface area contributed by atoms with Crippen LogP contribution in [0.5, 0.6) is 0 Å². The van der Waals surface area contributed by atoms with Gasteiger partial charge in [-0.2, -0.15) is 0 Å². The maximum atomic E-state index is 3.49. The van der Waals surface area contributed by atoms with E-state index in [0.29, 0.717) is 6.04 Å². The summed E-state index contributed by atoms with van der Waals surface area (Å²) < 4.78 is 1.14. The van der Waals surface area contributed by atoms with Crippen LogP contribution in [0.4, 0.5) is 0 Å². The van der Waals surface area contributed by atoms with Crippen molar-refractivity contribution in [3.8, 4) is 0 Å². The van der Waals surface area contributed by atoms with Crippen molar-refractivity contribution < 1.29 is 0 Å². The highest BCUT2D eigenvalue weighted by Crippen LogP contribution is 2.38. The Morgan fingerprint density at radius 2 is 2.00 bits per heavy atom. The van der Waals surface area contributed by atoms with E-state index in [9.17, 15) is 0 Å². The van der Waals surface area contributed by atoms with E-state index in [1.165, 1.54) is 18.5 Å². The first-order valence-electron chi connectivity index (χ1n) is 7.21. The smallest absolute Gasteiger partial charge is 0.0329 e. The van der Waals surface area contributed by atoms with E-state index in [2.05, 4.69) is 71.4 Å². The molecule has 0 spiro atoms. The molecule has 1 aliphatic rings. The molecular formula is C16H25BrN2. The fourth-order valence-electron chi connectivity index (χ4n) is 2.67. The van der Waals surface area contributed by atoms with E-state index in [1.54, 1.807) is 0 Å². The van der Waals surface area contributed by atoms with Crippen molar-refractivity contribution in [1.29, 1.82) is 0 Å². The summed E-state index contributed by atoms with van der Waals surface area (Å²) in [6.07, 6.45) is 2.59. The standard InChI is InChI=1S/C16H25BrN2/c1-12-10-14(12)11-19(3)9-8-16(18-2)13-4-6-15(17)7-5-13/h4-7,12,14,16,18H,8-11H2,1-3H3. The summed E-state index contributed by atoms with van der Waals surface area (Å²) in [5, 5.41) is 3.43. The van der Waals surface area contributed by atoms with Crippen LogP contribution in [-0.2, 0) is 0 Å². The molecule has 1 aromatic carbocycles. The summed E-state index contributed by atoms with van der Waals surface area (Å²) in [5.41, 5.74) is 1.37. The van der Waals surface area contributed by atoms with Gasteiger partial charge in [0.1, 0.15) is 0 Å². The zero-order valence-electron chi connectivity index (χ0n) is 12.2. The zero-order valence-corrected chi connectivity index (χ0v) is 13.8. The van der Waals surface area contributed by atoms with E-state index >= 15 is 0 Å². The van der Waals surface area contributed by atoms with Gasteiger partial charge >= 0.3 is 0 Å². The second kappa shape index (κ2) is 6.87. The van der Waals surface area contributed by atoms with Gasteiger partial charge in [-0.3, -0.25) is 0 Å². The normalized spacial score (nSPS) is 23.6. The number of nitrogens with one attached hydrogen (secondary N) is 1. The average Bonchev–Trinajstić information content (AvgIpc) is 3.07. The van der Waals surface area contributed by atoms with Gasteiger partial charge in [-0.1, -0.05) is 35.0 Å². The number of halogens is 1. The molecule has 106 valence electrons. The summed E-state index contributed by atoms with van der Waals surface area (Å²) in [4.78, 5) is 2.48. The minimum absolute atomic E-state index is 0.451. The molecule has 1 fully saturated rings. The average molecular weight is 325 g/mol. The van der Waals surface area contributed by atoms with Crippen LogP contribution in [0.15, 0.2) is 28.7 Å². The maximum absolute atomic E-state index is 3.49. The molecule has 0 radical (unpaired) electrons. The van der Waals surface area contributed by atoms with Crippen molar-refractivity contribution in [2.75, 3.05) is 27.2 Å². The summed E-state index contributed by atoms with van der Waals surface area (Å²) in [6, 6.07) is 9.10. The van der Waals surface area contributed by atoms with Gasteiger partial charge in [0.05, 0.1) is 0 Å². The first-order valence-corrected chi connectivity index (χ1v) is 8.00. The van der Waals surface area contributed by atoms with E-state index in [-0.39, 0.29) is 0 Å². The first kappa shape index (κ1) is 15.0. The Bertz CT molecular complexity index is 390. The van der Waals surface area contributed by atoms with Gasteiger partial charge in [-0.05, 0) is 63.0 Å². The summed E-state index contributed by atoms with van der Waals surface area (Å²) in [5.74, 6) is 1.90. The molecular weight excluding hydrogens is 300 g/mol. The Morgan fingerprint density at radius 1 is 1.37 bits per heavy atom. The molecule has 2 nitrogen and oxygen atoms in total. The predicted molar refractivity (Wildman–Crippen MR) is 85.3 cm³/mol. The van der Waals surface area contributed by atoms with Gasteiger partial charge in [0.25, 0.3) is 0 Å². The Morgan fingerprint density at radius 3 is 2.53 bits per heavy atom. The molecule has 1 aromatic rings. The fourth-order valence-corrected chi connectivity index (χ4v) is 2.93. The van der Waals surface area contributed by atoms with Crippen LogP contribution >= 0.6 is 15.9 Å². The summed E-state index contributed by atoms with van der Waals surface area (Å²) in [6.45, 7) is 4.78. The molecule has 1 saturated carbocycles. The fraction of sp³-hybridized carbons (Fsp3) is 0.625. The maximum Gasteiger partial charge on any atom is 0.0329 e. The van der Waals surface area contributed by atoms with Crippen LogP contribution in [0.25, 0.3) is 0 Å². The van der Waals surface area contributed by atoms with Crippen LogP contribution in [0.1, 0.15) is 31.4 Å². The summed E-state index contributed by atoms with van der Waals surface area (Å²) >= 11 is 3.49. The molecule has 0 saturated heterocycles. The predicted octanol–water partition coefficient (Wildman–Crippen LogP) is 3.69. The van der Waals surface area contributed by atoms with E-state index in [4.69, 9.17) is 0 Å². The van der Waals surface area contributed by atoms with Gasteiger partial charge < -0.3 is 10.2 Å². The highest BCUT2D eigenvalue weighted by Gasteiger charge is 2.32. The number of hydrogen-bond donors (Lipinski definition) is 1. The lowest BCUT2D eigenvalue weighted by molar-refractivity contribution is 0.295. The van der Waals surface area contributed by atoms with Crippen LogP contribution < -0.4 is 5.32 Å². The van der Waals surface area contributed by atoms with Crippen LogP contribution in [0.2, 0.25) is 0 Å². The Hall–Kier alpha value is -0.380. The monoisotopic (exact) mass is 324 g/mol. The third kappa shape index (κ3) is 4.59. The lowest BCUT2D eigenvalue weighted by atomic mass is 10.0. The quantitative estimate of drug-likeness (QED) is 0.822. The number of nitrogens with zero attached hydrogens (tertiary/aromatic N) is 1. The van der Waals surface area contributed by atoms with Crippen molar-refractivity contribution in [2.24, 2.45) is 11.8 Å². The molecule has 3 atom stereocenters. The molecule has 2 rings (SSSR count). The SMILES string of the molecule is CNC(CCN(C)CC1CC1C)c1ccc(Br)cc1. The number of rotatable bonds is 7. The van der Waals surface area contributed by atoms with Gasteiger partial charge in [0, 0.05) is 17.1 Å². The molecule has 1 aliphatic carbocycles. The third-order valence-corrected chi connectivity index (χ3v) is 4.77. The van der Waals surface area contributed by atoms with Crippen LogP contribution in [0.3, 0.4) is 0 Å². The topological polar surface area (TPSA) is 15.3 Å². The molecule has 0 heterocycles. The van der Waals surface area contributed by atoms with Crippen molar-refractivity contribution >= 4 is 15.9 Å². The lowest BCUT2D eigenvalue weighted by Gasteiger charge is -2.22. The van der Waals surface area contributed by atoms with E-state index in [1.807, 2.05) is 0 Å². The van der Waals surface area contributed by atoms with Gasteiger partial charge in [-0.15, -0.1) is 0 Å². The minimum Gasteiger partial charge on any atom is -0.313 e. The van der Waals surface area contributed by atoms with E-state index in [0.717, 1.165) is 29.3 Å².